The van der Waals surface area contributed by atoms with Gasteiger partial charge in [-0.3, -0.25) is 0 Å². The SMILES string of the molecule is C=C1C[C@H](CO)OC1=O. The van der Waals surface area contributed by atoms with Crippen LogP contribution < -0.4 is 0 Å². The minimum Gasteiger partial charge on any atom is -0.456 e. The number of hydrogen-bond acceptors (Lipinski definition) is 3. The molecule has 0 aromatic heterocycles. The van der Waals surface area contributed by atoms with E-state index in [1.165, 1.54) is 0 Å². The minimum atomic E-state index is -0.381. The zero-order chi connectivity index (χ0) is 6.85. The molecule has 1 aliphatic rings. The molecule has 1 heterocycles. The van der Waals surface area contributed by atoms with E-state index < -0.39 is 0 Å². The van der Waals surface area contributed by atoms with Gasteiger partial charge in [0.25, 0.3) is 0 Å². The lowest BCUT2D eigenvalue weighted by atomic mass is 10.2. The Hall–Kier alpha value is -0.830. The predicted octanol–water partition coefficient (Wildman–Crippen LogP) is -0.150. The van der Waals surface area contributed by atoms with Gasteiger partial charge in [-0.05, 0) is 0 Å². The molecule has 1 N–H and O–H groups in total. The van der Waals surface area contributed by atoms with Gasteiger partial charge in [0.15, 0.2) is 0 Å². The molecular weight excluding hydrogens is 120 g/mol. The van der Waals surface area contributed by atoms with Crippen LogP contribution in [0.4, 0.5) is 0 Å². The summed E-state index contributed by atoms with van der Waals surface area (Å²) in [5.41, 5.74) is 0.453. The standard InChI is InChI=1S/C6H8O3/c1-4-2-5(3-7)9-6(4)8/h5,7H,1-3H2/t5-/m1/s1. The number of rotatable bonds is 1. The van der Waals surface area contributed by atoms with E-state index in [9.17, 15) is 4.79 Å². The topological polar surface area (TPSA) is 46.5 Å². The summed E-state index contributed by atoms with van der Waals surface area (Å²) in [7, 11) is 0. The highest BCUT2D eigenvalue weighted by Gasteiger charge is 2.25. The van der Waals surface area contributed by atoms with E-state index in [-0.39, 0.29) is 18.7 Å². The van der Waals surface area contributed by atoms with Crippen LogP contribution in [0, 0.1) is 0 Å². The summed E-state index contributed by atoms with van der Waals surface area (Å²) in [4.78, 5) is 10.5. The third-order valence-corrected chi connectivity index (χ3v) is 1.24. The highest BCUT2D eigenvalue weighted by atomic mass is 16.6. The summed E-state index contributed by atoms with van der Waals surface area (Å²) in [5, 5.41) is 8.48. The molecule has 0 radical (unpaired) electrons. The molecule has 0 aromatic carbocycles. The Balaban J connectivity index is 2.54. The van der Waals surface area contributed by atoms with Crippen molar-refractivity contribution in [1.29, 1.82) is 0 Å². The highest BCUT2D eigenvalue weighted by molar-refractivity contribution is 5.89. The Morgan fingerprint density at radius 1 is 1.89 bits per heavy atom. The lowest BCUT2D eigenvalue weighted by molar-refractivity contribution is -0.140. The number of esters is 1. The Bertz CT molecular complexity index is 134. The van der Waals surface area contributed by atoms with Gasteiger partial charge < -0.3 is 9.84 Å². The molecule has 1 fully saturated rings. The fraction of sp³-hybridized carbons (Fsp3) is 0.500. The summed E-state index contributed by atoms with van der Waals surface area (Å²) in [6.07, 6.45) is 0.125. The summed E-state index contributed by atoms with van der Waals surface area (Å²) in [6.45, 7) is 3.34. The van der Waals surface area contributed by atoms with Gasteiger partial charge in [-0.2, -0.15) is 0 Å². The average molecular weight is 128 g/mol. The molecule has 0 aliphatic carbocycles. The van der Waals surface area contributed by atoms with Crippen molar-refractivity contribution in [3.63, 3.8) is 0 Å². The molecule has 0 unspecified atom stereocenters. The molecule has 0 bridgehead atoms. The van der Waals surface area contributed by atoms with Crippen LogP contribution in [0.15, 0.2) is 12.2 Å². The molecule has 0 spiro atoms. The van der Waals surface area contributed by atoms with Crippen LogP contribution in [0.2, 0.25) is 0 Å². The van der Waals surface area contributed by atoms with Crippen molar-refractivity contribution in [2.24, 2.45) is 0 Å². The number of hydrogen-bond donors (Lipinski definition) is 1. The summed E-state index contributed by atoms with van der Waals surface area (Å²) in [5.74, 6) is -0.381. The van der Waals surface area contributed by atoms with Gasteiger partial charge in [0.1, 0.15) is 6.10 Å². The van der Waals surface area contributed by atoms with Crippen molar-refractivity contribution in [3.8, 4) is 0 Å². The molecule has 1 atom stereocenters. The fourth-order valence-electron chi connectivity index (χ4n) is 0.736. The van der Waals surface area contributed by atoms with Crippen LogP contribution in [0.25, 0.3) is 0 Å². The maximum Gasteiger partial charge on any atom is 0.333 e. The van der Waals surface area contributed by atoms with E-state index in [4.69, 9.17) is 5.11 Å². The number of aliphatic hydroxyl groups excluding tert-OH is 1. The van der Waals surface area contributed by atoms with Crippen molar-refractivity contribution < 1.29 is 14.6 Å². The molecule has 3 heteroatoms. The molecule has 1 rings (SSSR count). The van der Waals surface area contributed by atoms with Crippen LogP contribution in [0.3, 0.4) is 0 Å². The first-order valence-electron chi connectivity index (χ1n) is 2.73. The Morgan fingerprint density at radius 2 is 2.56 bits per heavy atom. The monoisotopic (exact) mass is 128 g/mol. The predicted molar refractivity (Wildman–Crippen MR) is 30.7 cm³/mol. The number of cyclic esters (lactones) is 1. The first kappa shape index (κ1) is 6.29. The first-order valence-corrected chi connectivity index (χ1v) is 2.73. The molecule has 1 saturated heterocycles. The van der Waals surface area contributed by atoms with Crippen molar-refractivity contribution in [2.75, 3.05) is 6.61 Å². The molecule has 3 nitrogen and oxygen atoms in total. The fourth-order valence-corrected chi connectivity index (χ4v) is 0.736. The third-order valence-electron chi connectivity index (χ3n) is 1.24. The van der Waals surface area contributed by atoms with Gasteiger partial charge >= 0.3 is 5.97 Å². The normalized spacial score (nSPS) is 26.6. The second-order valence-corrected chi connectivity index (χ2v) is 2.02. The molecule has 50 valence electrons. The van der Waals surface area contributed by atoms with E-state index >= 15 is 0 Å². The largest absolute Gasteiger partial charge is 0.456 e. The number of aliphatic hydroxyl groups is 1. The van der Waals surface area contributed by atoms with Gasteiger partial charge in [-0.15, -0.1) is 0 Å². The summed E-state index contributed by atoms with van der Waals surface area (Å²) < 4.78 is 4.63. The summed E-state index contributed by atoms with van der Waals surface area (Å²) in [6, 6.07) is 0. The van der Waals surface area contributed by atoms with Gasteiger partial charge in [0.2, 0.25) is 0 Å². The third kappa shape index (κ3) is 1.10. The molecular formula is C6H8O3. The maximum absolute atomic E-state index is 10.5. The van der Waals surface area contributed by atoms with Crippen LogP contribution >= 0.6 is 0 Å². The van der Waals surface area contributed by atoms with Gasteiger partial charge in [0.05, 0.1) is 6.61 Å². The lowest BCUT2D eigenvalue weighted by Crippen LogP contribution is -2.10. The zero-order valence-electron chi connectivity index (χ0n) is 4.96. The number of carbonyl (C=O) groups is 1. The van der Waals surface area contributed by atoms with Crippen LogP contribution in [0.1, 0.15) is 6.42 Å². The second-order valence-electron chi connectivity index (χ2n) is 2.02. The first-order chi connectivity index (χ1) is 4.24. The lowest BCUT2D eigenvalue weighted by Gasteiger charge is -2.00. The minimum absolute atomic E-state index is 0.106. The maximum atomic E-state index is 10.5. The van der Waals surface area contributed by atoms with Crippen molar-refractivity contribution >= 4 is 5.97 Å². The Kier molecular flexibility index (Phi) is 1.53. The molecule has 9 heavy (non-hydrogen) atoms. The van der Waals surface area contributed by atoms with Crippen LogP contribution in [-0.2, 0) is 9.53 Å². The van der Waals surface area contributed by atoms with Gasteiger partial charge in [-0.1, -0.05) is 6.58 Å². The van der Waals surface area contributed by atoms with Crippen molar-refractivity contribution in [3.05, 3.63) is 12.2 Å². The number of ether oxygens (including phenoxy) is 1. The van der Waals surface area contributed by atoms with Crippen molar-refractivity contribution in [1.82, 2.24) is 0 Å². The van der Waals surface area contributed by atoms with E-state index in [0.29, 0.717) is 12.0 Å². The van der Waals surface area contributed by atoms with Gasteiger partial charge in [0, 0.05) is 12.0 Å². The van der Waals surface area contributed by atoms with E-state index in [1.54, 1.807) is 0 Å². The van der Waals surface area contributed by atoms with Crippen molar-refractivity contribution in [2.45, 2.75) is 12.5 Å². The van der Waals surface area contributed by atoms with Crippen LogP contribution in [-0.4, -0.2) is 23.8 Å². The summed E-state index contributed by atoms with van der Waals surface area (Å²) >= 11 is 0. The average Bonchev–Trinajstić information content (AvgIpc) is 2.13. The Morgan fingerprint density at radius 3 is 2.78 bits per heavy atom. The van der Waals surface area contributed by atoms with E-state index in [1.807, 2.05) is 0 Å². The zero-order valence-corrected chi connectivity index (χ0v) is 4.96. The molecule has 1 aliphatic heterocycles. The number of carbonyl (C=O) groups excluding carboxylic acids is 1. The van der Waals surface area contributed by atoms with E-state index in [2.05, 4.69) is 11.3 Å². The molecule has 0 amide bonds. The highest BCUT2D eigenvalue weighted by Crippen LogP contribution is 2.17. The molecule has 0 aromatic rings. The van der Waals surface area contributed by atoms with Crippen LogP contribution in [0.5, 0.6) is 0 Å². The van der Waals surface area contributed by atoms with E-state index in [0.717, 1.165) is 0 Å². The smallest absolute Gasteiger partial charge is 0.333 e. The van der Waals surface area contributed by atoms with Gasteiger partial charge in [-0.25, -0.2) is 4.79 Å². The second kappa shape index (κ2) is 2.19. The molecule has 0 saturated carbocycles. The quantitative estimate of drug-likeness (QED) is 0.394. The Labute approximate surface area is 52.9 Å².